The summed E-state index contributed by atoms with van der Waals surface area (Å²) in [5.41, 5.74) is 7.43. The van der Waals surface area contributed by atoms with Crippen LogP contribution < -0.4 is 0 Å². The molecule has 0 bridgehead atoms. The predicted molar refractivity (Wildman–Crippen MR) is 249 cm³/mol. The summed E-state index contributed by atoms with van der Waals surface area (Å²) in [7, 11) is 11.0. The Balaban J connectivity index is 0.000000151. The van der Waals surface area contributed by atoms with Crippen molar-refractivity contribution in [3.8, 4) is 22.3 Å². The second kappa shape index (κ2) is 18.3. The second-order valence-electron chi connectivity index (χ2n) is 13.9. The molecular weight excluding hydrogens is 862 g/mol. The third kappa shape index (κ3) is 8.44. The summed E-state index contributed by atoms with van der Waals surface area (Å²) in [4.78, 5) is 0. The van der Waals surface area contributed by atoms with Crippen molar-refractivity contribution in [3.63, 3.8) is 0 Å². The maximum absolute atomic E-state index is 6.45. The summed E-state index contributed by atoms with van der Waals surface area (Å²) < 4.78 is 0. The van der Waals surface area contributed by atoms with Crippen molar-refractivity contribution in [2.45, 2.75) is 26.9 Å². The van der Waals surface area contributed by atoms with E-state index in [2.05, 4.69) is 185 Å². The molecule has 56 heavy (non-hydrogen) atoms. The van der Waals surface area contributed by atoms with Crippen LogP contribution in [0.5, 0.6) is 0 Å². The molecule has 0 fully saturated rings. The van der Waals surface area contributed by atoms with Gasteiger partial charge in [-0.3, -0.25) is 0 Å². The van der Waals surface area contributed by atoms with Crippen molar-refractivity contribution >= 4 is 114 Å². The van der Waals surface area contributed by atoms with Crippen molar-refractivity contribution in [3.05, 3.63) is 179 Å². The molecule has 0 amide bonds. The summed E-state index contributed by atoms with van der Waals surface area (Å²) in [5.74, 6) is 0. The number of hydrogen-bond acceptors (Lipinski definition) is 0. The van der Waals surface area contributed by atoms with Gasteiger partial charge in [-0.05, 0) is 76.4 Å². The van der Waals surface area contributed by atoms with E-state index in [0.29, 0.717) is 0 Å². The van der Waals surface area contributed by atoms with Crippen LogP contribution in [0, 0.1) is 13.8 Å². The van der Waals surface area contributed by atoms with Crippen LogP contribution in [0.25, 0.3) is 86.9 Å². The Morgan fingerprint density at radius 2 is 0.714 bits per heavy atom. The molecule has 10 aromatic rings. The van der Waals surface area contributed by atoms with E-state index in [4.69, 9.17) is 40.2 Å². The molecule has 0 aliphatic rings. The molecule has 274 valence electrons. The summed E-state index contributed by atoms with van der Waals surface area (Å²) in [6, 6.07) is 56.2. The van der Waals surface area contributed by atoms with Crippen LogP contribution in [0.15, 0.2) is 158 Å². The molecule has 0 aliphatic heterocycles. The maximum atomic E-state index is 6.45. The Bertz CT molecular complexity index is 2770. The quantitative estimate of drug-likeness (QED) is 0.0921. The van der Waals surface area contributed by atoms with E-state index in [0.717, 1.165) is 19.6 Å². The van der Waals surface area contributed by atoms with E-state index in [9.17, 15) is 0 Å². The Morgan fingerprint density at radius 3 is 1.09 bits per heavy atom. The van der Waals surface area contributed by atoms with Crippen LogP contribution >= 0.6 is 40.2 Å². The van der Waals surface area contributed by atoms with Gasteiger partial charge in [0.25, 0.3) is 0 Å². The van der Waals surface area contributed by atoms with Gasteiger partial charge in [0.15, 0.2) is 0 Å². The van der Waals surface area contributed by atoms with Gasteiger partial charge in [0.1, 0.15) is 0 Å². The molecule has 0 saturated carbocycles. The minimum atomic E-state index is -0.826. The summed E-state index contributed by atoms with van der Waals surface area (Å²) in [5, 5.41) is 16.7. The van der Waals surface area contributed by atoms with Crippen molar-refractivity contribution in [2.24, 2.45) is 0 Å². The van der Waals surface area contributed by atoms with E-state index in [-0.39, 0.29) is 0 Å². The van der Waals surface area contributed by atoms with Crippen LogP contribution in [0.2, 0.25) is 23.1 Å². The summed E-state index contributed by atoms with van der Waals surface area (Å²) >= 11 is 12.1. The first-order chi connectivity index (χ1) is 27.2. The van der Waals surface area contributed by atoms with E-state index < -0.39 is 20.8 Å². The Kier molecular flexibility index (Phi) is 13.2. The Hall–Kier alpha value is -3.72. The van der Waals surface area contributed by atoms with Crippen molar-refractivity contribution in [1.82, 2.24) is 0 Å². The van der Waals surface area contributed by atoms with Gasteiger partial charge < -0.3 is 0 Å². The molecule has 0 aromatic heterocycles. The van der Waals surface area contributed by atoms with E-state index in [1.165, 1.54) is 98.0 Å². The summed E-state index contributed by atoms with van der Waals surface area (Å²) in [6.07, 6.45) is 0. The van der Waals surface area contributed by atoms with Gasteiger partial charge in [0.05, 0.1) is 0 Å². The topological polar surface area (TPSA) is 0 Å². The average molecular weight is 900 g/mol. The van der Waals surface area contributed by atoms with Gasteiger partial charge in [-0.15, -0.1) is 56.9 Å². The first kappa shape index (κ1) is 40.5. The van der Waals surface area contributed by atoms with E-state index >= 15 is 0 Å². The van der Waals surface area contributed by atoms with Crippen LogP contribution in [-0.4, -0.2) is 9.52 Å². The normalized spacial score (nSPS) is 10.9. The van der Waals surface area contributed by atoms with Gasteiger partial charge in [0, 0.05) is 9.52 Å². The molecule has 10 rings (SSSR count). The van der Waals surface area contributed by atoms with Crippen molar-refractivity contribution in [1.29, 1.82) is 0 Å². The van der Waals surface area contributed by atoms with Crippen LogP contribution in [0.4, 0.5) is 0 Å². The molecule has 0 heterocycles. The predicted octanol–water partition coefficient (Wildman–Crippen LogP) is 17.2. The Morgan fingerprint density at radius 1 is 0.411 bits per heavy atom. The van der Waals surface area contributed by atoms with Crippen LogP contribution in [0.3, 0.4) is 0 Å². The van der Waals surface area contributed by atoms with Gasteiger partial charge in [-0.25, -0.2) is 0 Å². The third-order valence-corrected chi connectivity index (χ3v) is 10.4. The van der Waals surface area contributed by atoms with Gasteiger partial charge in [-0.2, -0.15) is 12.1 Å². The summed E-state index contributed by atoms with van der Waals surface area (Å²) in [6.45, 7) is 8.58. The Labute approximate surface area is 360 Å². The monoisotopic (exact) mass is 896 g/mol. The van der Waals surface area contributed by atoms with Crippen LogP contribution in [0.1, 0.15) is 11.1 Å². The molecule has 0 spiro atoms. The van der Waals surface area contributed by atoms with Gasteiger partial charge >= 0.3 is 37.9 Å². The fraction of sp³-hybridized carbons (Fsp3) is 0.0800. The molecule has 2 radical (unpaired) electrons. The van der Waals surface area contributed by atoms with Crippen molar-refractivity contribution < 1.29 is 20.8 Å². The standard InChI is InChI=1S/2C24H16Cl.C2H6Si.2ClH.Zr/c2*1-15-10-17-12-18(25)14-24(22(17)11-15)23-13-16-6-2-3-7-19(16)20-8-4-5-9-21(20)23;1-3-2;;;/h2*2-14H,1H3;1-2H3;2*1H;/q2*-1;;;;+4/p-2. The number of halogens is 4. The number of fused-ring (bicyclic) bond motifs is 8. The average Bonchev–Trinajstić information content (AvgIpc) is 3.77. The molecule has 0 aliphatic carbocycles. The molecule has 6 heteroatoms. The molecule has 10 aromatic carbocycles. The van der Waals surface area contributed by atoms with Gasteiger partial charge in [0.2, 0.25) is 0 Å². The fourth-order valence-electron chi connectivity index (χ4n) is 7.87. The fourth-order valence-corrected chi connectivity index (χ4v) is 8.32. The van der Waals surface area contributed by atoms with E-state index in [1.54, 1.807) is 0 Å². The number of rotatable bonds is 2. The van der Waals surface area contributed by atoms with E-state index in [1.807, 2.05) is 0 Å². The second-order valence-corrected chi connectivity index (χ2v) is 19.5. The molecule has 0 unspecified atom stereocenters. The first-order valence-electron chi connectivity index (χ1n) is 18.3. The van der Waals surface area contributed by atoms with Crippen molar-refractivity contribution in [2.75, 3.05) is 0 Å². The number of hydrogen-bond donors (Lipinski definition) is 0. The zero-order valence-electron chi connectivity index (χ0n) is 31.5. The number of aryl methyl sites for hydroxylation is 2. The molecule has 0 nitrogen and oxygen atoms in total. The molecule has 0 saturated heterocycles. The van der Waals surface area contributed by atoms with Crippen LogP contribution in [-0.2, 0) is 20.8 Å². The zero-order valence-corrected chi connectivity index (χ0v) is 38.0. The zero-order chi connectivity index (χ0) is 39.3. The molecular formula is C50H38Cl4SiZr. The third-order valence-electron chi connectivity index (χ3n) is 9.98. The molecule has 0 N–H and O–H groups in total. The SMILES string of the molecule is C[Si]C.Cc1cc2c(-c3cc4ccccc4c4ccccc34)cc(Cl)cc2[cH-]1.Cc1cc2c(-c3cc4ccccc4c4ccccc34)cc(Cl)cc2[cH-]1.[Cl][Zr+2][Cl]. The molecule has 0 atom stereocenters. The first-order valence-corrected chi connectivity index (χ1v) is 27.4. The number of benzene rings is 8. The van der Waals surface area contributed by atoms with Gasteiger partial charge in [-0.1, -0.05) is 170 Å². The minimum absolute atomic E-state index is 0.783.